The van der Waals surface area contributed by atoms with Crippen LogP contribution in [0.1, 0.15) is 31.9 Å². The number of para-hydroxylation sites is 1. The Balaban J connectivity index is 1.67. The van der Waals surface area contributed by atoms with Crippen LogP contribution in [-0.4, -0.2) is 21.0 Å². The van der Waals surface area contributed by atoms with Gasteiger partial charge in [0, 0.05) is 11.3 Å². The third-order valence-corrected chi connectivity index (χ3v) is 9.16. The molecule has 0 fully saturated rings. The number of hydrogen-bond acceptors (Lipinski definition) is 8. The number of thiophene rings is 1. The molecule has 3 aromatic carbocycles. The summed E-state index contributed by atoms with van der Waals surface area (Å²) in [6.45, 7) is 5.82. The lowest BCUT2D eigenvalue weighted by Crippen LogP contribution is -2.09. The maximum Gasteiger partial charge on any atom is 0.231 e. The van der Waals surface area contributed by atoms with Gasteiger partial charge in [0.1, 0.15) is 14.8 Å². The minimum absolute atomic E-state index is 0.0803. The number of nitrogen functional groups attached to an aromatic ring is 1. The second-order valence-electron chi connectivity index (χ2n) is 8.61. The molecule has 3 N–H and O–H groups in total. The predicted octanol–water partition coefficient (Wildman–Crippen LogP) is 5.79. The number of hydrogen-bond donors (Lipinski definition) is 2. The SMILES string of the molecule is Cc1ccc(S(=O)(=O)c2c(Nc3c(C)cccc3C)sc(C(=O)c3ccc4c(c3)OCO4)c2N)cc1. The molecule has 0 saturated heterocycles. The third kappa shape index (κ3) is 4.10. The highest BCUT2D eigenvalue weighted by Crippen LogP contribution is 2.45. The van der Waals surface area contributed by atoms with Crippen molar-refractivity contribution in [2.45, 2.75) is 30.6 Å². The zero-order chi connectivity index (χ0) is 25.6. The van der Waals surface area contributed by atoms with E-state index in [0.29, 0.717) is 17.1 Å². The number of benzene rings is 3. The summed E-state index contributed by atoms with van der Waals surface area (Å²) in [6.07, 6.45) is 0. The van der Waals surface area contributed by atoms with Crippen molar-refractivity contribution in [2.75, 3.05) is 17.8 Å². The van der Waals surface area contributed by atoms with Gasteiger partial charge in [-0.05, 0) is 62.2 Å². The van der Waals surface area contributed by atoms with Crippen molar-refractivity contribution in [3.63, 3.8) is 0 Å². The monoisotopic (exact) mass is 520 g/mol. The molecule has 7 nitrogen and oxygen atoms in total. The molecule has 0 aliphatic carbocycles. The van der Waals surface area contributed by atoms with Crippen LogP contribution in [0.25, 0.3) is 0 Å². The van der Waals surface area contributed by atoms with E-state index in [-0.39, 0.29) is 32.1 Å². The van der Waals surface area contributed by atoms with Crippen LogP contribution in [0.4, 0.5) is 16.4 Å². The number of nitrogens with two attached hydrogens (primary N) is 1. The smallest absolute Gasteiger partial charge is 0.231 e. The van der Waals surface area contributed by atoms with Crippen molar-refractivity contribution >= 4 is 43.3 Å². The summed E-state index contributed by atoms with van der Waals surface area (Å²) in [7, 11) is -4.04. The van der Waals surface area contributed by atoms with Crippen LogP contribution in [0.15, 0.2) is 70.5 Å². The first-order chi connectivity index (χ1) is 17.2. The van der Waals surface area contributed by atoms with E-state index in [1.165, 1.54) is 0 Å². The molecule has 184 valence electrons. The number of sulfone groups is 1. The van der Waals surface area contributed by atoms with Crippen LogP contribution in [0, 0.1) is 20.8 Å². The zero-order valence-electron chi connectivity index (χ0n) is 19.9. The lowest BCUT2D eigenvalue weighted by Gasteiger charge is -2.13. The Hall–Kier alpha value is -3.82. The average Bonchev–Trinajstić information content (AvgIpc) is 3.45. The second-order valence-corrected chi connectivity index (χ2v) is 11.5. The molecule has 0 spiro atoms. The van der Waals surface area contributed by atoms with Gasteiger partial charge in [-0.25, -0.2) is 8.42 Å². The average molecular weight is 521 g/mol. The van der Waals surface area contributed by atoms with E-state index in [1.807, 2.05) is 39.0 Å². The van der Waals surface area contributed by atoms with Gasteiger partial charge in [-0.3, -0.25) is 4.79 Å². The molecule has 0 unspecified atom stereocenters. The van der Waals surface area contributed by atoms with Crippen molar-refractivity contribution in [3.8, 4) is 11.5 Å². The third-order valence-electron chi connectivity index (χ3n) is 6.06. The molecule has 0 amide bonds. The molecule has 5 rings (SSSR count). The van der Waals surface area contributed by atoms with E-state index in [9.17, 15) is 13.2 Å². The van der Waals surface area contributed by atoms with Gasteiger partial charge in [-0.2, -0.15) is 0 Å². The molecule has 1 aliphatic rings. The predicted molar refractivity (Wildman–Crippen MR) is 141 cm³/mol. The zero-order valence-corrected chi connectivity index (χ0v) is 21.5. The number of carbonyl (C=O) groups is 1. The summed E-state index contributed by atoms with van der Waals surface area (Å²) in [6, 6.07) is 17.2. The quantitative estimate of drug-likeness (QED) is 0.310. The van der Waals surface area contributed by atoms with E-state index >= 15 is 0 Å². The molecule has 4 aromatic rings. The minimum Gasteiger partial charge on any atom is -0.454 e. The largest absolute Gasteiger partial charge is 0.454 e. The van der Waals surface area contributed by atoms with Gasteiger partial charge in [0.05, 0.1) is 10.6 Å². The summed E-state index contributed by atoms with van der Waals surface area (Å²) >= 11 is 1.02. The van der Waals surface area contributed by atoms with E-state index in [2.05, 4.69) is 5.32 Å². The van der Waals surface area contributed by atoms with Crippen LogP contribution >= 0.6 is 11.3 Å². The van der Waals surface area contributed by atoms with E-state index < -0.39 is 15.6 Å². The number of nitrogens with one attached hydrogen (secondary N) is 1. The second kappa shape index (κ2) is 9.00. The Bertz CT molecular complexity index is 1590. The van der Waals surface area contributed by atoms with Crippen molar-refractivity contribution in [1.82, 2.24) is 0 Å². The number of ether oxygens (including phenoxy) is 2. The van der Waals surface area contributed by atoms with Crippen LogP contribution in [0.2, 0.25) is 0 Å². The molecule has 0 saturated carbocycles. The molecule has 2 heterocycles. The fraction of sp³-hybridized carbons (Fsp3) is 0.148. The first-order valence-electron chi connectivity index (χ1n) is 11.2. The molecular formula is C27H24N2O5S2. The van der Waals surface area contributed by atoms with Gasteiger partial charge in [-0.15, -0.1) is 11.3 Å². The maximum atomic E-state index is 13.8. The van der Waals surface area contributed by atoms with Gasteiger partial charge in [0.2, 0.25) is 22.4 Å². The molecule has 1 aromatic heterocycles. The standard InChI is InChI=1S/C27H24N2O5S2/c1-15-7-10-19(11-8-15)36(31,32)26-22(28)25(24(30)18-9-12-20-21(13-18)34-14-33-20)35-27(26)29-23-16(2)5-4-6-17(23)3/h4-13,29H,14,28H2,1-3H3. The number of carbonyl (C=O) groups excluding carboxylic acids is 1. The Morgan fingerprint density at radius 1 is 0.944 bits per heavy atom. The van der Waals surface area contributed by atoms with Crippen molar-refractivity contribution in [2.24, 2.45) is 0 Å². The van der Waals surface area contributed by atoms with Crippen molar-refractivity contribution < 1.29 is 22.7 Å². The molecule has 1 aliphatic heterocycles. The van der Waals surface area contributed by atoms with Crippen molar-refractivity contribution in [3.05, 3.63) is 87.8 Å². The minimum atomic E-state index is -4.04. The fourth-order valence-electron chi connectivity index (χ4n) is 4.08. The van der Waals surface area contributed by atoms with Crippen LogP contribution in [0.3, 0.4) is 0 Å². The van der Waals surface area contributed by atoms with E-state index in [4.69, 9.17) is 15.2 Å². The first kappa shape index (κ1) is 23.9. The number of rotatable bonds is 6. The lowest BCUT2D eigenvalue weighted by atomic mass is 10.1. The summed E-state index contributed by atoms with van der Waals surface area (Å²) in [5, 5.41) is 3.55. The topological polar surface area (TPSA) is 108 Å². The molecule has 36 heavy (non-hydrogen) atoms. The van der Waals surface area contributed by atoms with Gasteiger partial charge in [-0.1, -0.05) is 35.9 Å². The normalized spacial score (nSPS) is 12.5. The first-order valence-corrected chi connectivity index (χ1v) is 13.5. The molecule has 0 bridgehead atoms. The summed E-state index contributed by atoms with van der Waals surface area (Å²) in [5.74, 6) is 0.605. The molecular weight excluding hydrogens is 496 g/mol. The van der Waals surface area contributed by atoms with Crippen LogP contribution in [-0.2, 0) is 9.84 Å². The maximum absolute atomic E-state index is 13.8. The highest BCUT2D eigenvalue weighted by atomic mass is 32.2. The summed E-state index contributed by atoms with van der Waals surface area (Å²) < 4.78 is 38.4. The lowest BCUT2D eigenvalue weighted by molar-refractivity contribution is 0.104. The Kier molecular flexibility index (Phi) is 5.97. The highest BCUT2D eigenvalue weighted by molar-refractivity contribution is 7.92. The van der Waals surface area contributed by atoms with Gasteiger partial charge in [0.15, 0.2) is 11.5 Å². The van der Waals surface area contributed by atoms with Crippen LogP contribution < -0.4 is 20.5 Å². The molecule has 0 atom stereocenters. The van der Waals surface area contributed by atoms with Crippen LogP contribution in [0.5, 0.6) is 11.5 Å². The molecule has 0 radical (unpaired) electrons. The Morgan fingerprint density at radius 2 is 1.61 bits per heavy atom. The fourth-order valence-corrected chi connectivity index (χ4v) is 6.99. The number of anilines is 3. The Labute approximate surface area is 213 Å². The van der Waals surface area contributed by atoms with E-state index in [0.717, 1.165) is 33.7 Å². The number of ketones is 1. The number of fused-ring (bicyclic) bond motifs is 1. The van der Waals surface area contributed by atoms with Gasteiger partial charge < -0.3 is 20.5 Å². The molecule has 9 heteroatoms. The van der Waals surface area contributed by atoms with Gasteiger partial charge >= 0.3 is 0 Å². The van der Waals surface area contributed by atoms with Crippen molar-refractivity contribution in [1.29, 1.82) is 0 Å². The Morgan fingerprint density at radius 3 is 2.31 bits per heavy atom. The van der Waals surface area contributed by atoms with Gasteiger partial charge in [0.25, 0.3) is 0 Å². The summed E-state index contributed by atoms with van der Waals surface area (Å²) in [5.41, 5.74) is 10.3. The van der Waals surface area contributed by atoms with E-state index in [1.54, 1.807) is 42.5 Å². The summed E-state index contributed by atoms with van der Waals surface area (Å²) in [4.78, 5) is 13.7. The highest BCUT2D eigenvalue weighted by Gasteiger charge is 2.32. The number of aryl methyl sites for hydroxylation is 3.